The quantitative estimate of drug-likeness (QED) is 0.688. The molecule has 0 atom stereocenters. The number of nitrogens with one attached hydrogen (secondary N) is 1. The van der Waals surface area contributed by atoms with Crippen molar-refractivity contribution >= 4 is 39.6 Å². The molecule has 0 aliphatic carbocycles. The van der Waals surface area contributed by atoms with E-state index in [1.54, 1.807) is 6.20 Å². The second-order valence-electron chi connectivity index (χ2n) is 7.43. The van der Waals surface area contributed by atoms with E-state index in [0.717, 1.165) is 5.69 Å². The van der Waals surface area contributed by atoms with Crippen molar-refractivity contribution in [2.45, 2.75) is 39.3 Å². The zero-order chi connectivity index (χ0) is 18.0. The van der Waals surface area contributed by atoms with Crippen LogP contribution in [-0.4, -0.2) is 26.6 Å². The van der Waals surface area contributed by atoms with Crippen LogP contribution in [0.15, 0.2) is 30.5 Å². The molecule has 0 fully saturated rings. The molecule has 0 unspecified atom stereocenters. The van der Waals surface area contributed by atoms with E-state index in [1.807, 2.05) is 24.3 Å². The van der Waals surface area contributed by atoms with Gasteiger partial charge in [0.15, 0.2) is 0 Å². The molecule has 0 spiro atoms. The summed E-state index contributed by atoms with van der Waals surface area (Å²) in [6, 6.07) is 7.81. The predicted molar refractivity (Wildman–Crippen MR) is 105 cm³/mol. The molecule has 0 saturated heterocycles. The van der Waals surface area contributed by atoms with Gasteiger partial charge in [0.05, 0.1) is 6.20 Å². The van der Waals surface area contributed by atoms with Gasteiger partial charge in [-0.3, -0.25) is 0 Å². The summed E-state index contributed by atoms with van der Waals surface area (Å²) in [6.07, 6.45) is 1.70. The number of halogens is 1. The van der Waals surface area contributed by atoms with Crippen molar-refractivity contribution in [2.75, 3.05) is 5.32 Å². The molecule has 1 heterocycles. The van der Waals surface area contributed by atoms with Crippen LogP contribution >= 0.6 is 11.6 Å². The van der Waals surface area contributed by atoms with Gasteiger partial charge in [0.2, 0.25) is 22.5 Å². The summed E-state index contributed by atoms with van der Waals surface area (Å²) in [4.78, 5) is 8.80. The fourth-order valence-corrected chi connectivity index (χ4v) is 3.32. The molecule has 5 nitrogen and oxygen atoms in total. The number of rotatable bonds is 6. The zero-order valence-electron chi connectivity index (χ0n) is 15.0. The van der Waals surface area contributed by atoms with Crippen molar-refractivity contribution in [3.63, 3.8) is 0 Å². The fourth-order valence-electron chi connectivity index (χ4n) is 1.82. The van der Waals surface area contributed by atoms with Crippen LogP contribution in [0, 0.1) is 0 Å². The fraction of sp³-hybridized carbons (Fsp3) is 0.375. The second kappa shape index (κ2) is 7.12. The molecule has 1 aromatic heterocycles. The molecule has 2 rings (SSSR count). The zero-order valence-corrected chi connectivity index (χ0v) is 17.7. The van der Waals surface area contributed by atoms with Crippen molar-refractivity contribution in [2.24, 2.45) is 0 Å². The molecule has 0 amide bonds. The van der Waals surface area contributed by atoms with Gasteiger partial charge < -0.3 is 14.2 Å². The maximum atomic E-state index is 6.12. The van der Waals surface area contributed by atoms with Gasteiger partial charge in [-0.05, 0) is 63.5 Å². The van der Waals surface area contributed by atoms with Gasteiger partial charge in [0, 0.05) is 10.7 Å². The summed E-state index contributed by atoms with van der Waals surface area (Å²) < 4.78 is 12.0. The SMILES string of the molecule is C[Si](C)(C)Oc1ncc(Nc2ccc(Cl)cc2)c(O[Si](C)(C)C)n1. The van der Waals surface area contributed by atoms with Gasteiger partial charge >= 0.3 is 6.01 Å². The molecule has 1 aromatic carbocycles. The van der Waals surface area contributed by atoms with Crippen LogP contribution in [-0.2, 0) is 0 Å². The Balaban J connectivity index is 2.32. The molecule has 2 aromatic rings. The Morgan fingerprint density at radius 3 is 2.04 bits per heavy atom. The molecule has 0 aliphatic rings. The minimum Gasteiger partial charge on any atom is -0.530 e. The van der Waals surface area contributed by atoms with E-state index < -0.39 is 16.6 Å². The van der Waals surface area contributed by atoms with Crippen LogP contribution in [0.25, 0.3) is 0 Å². The molecule has 0 bridgehead atoms. The molecular weight excluding hydrogens is 358 g/mol. The number of hydrogen-bond donors (Lipinski definition) is 1. The Hall–Kier alpha value is -1.58. The average molecular weight is 382 g/mol. The van der Waals surface area contributed by atoms with Crippen LogP contribution in [0.3, 0.4) is 0 Å². The summed E-state index contributed by atoms with van der Waals surface area (Å²) in [5, 5.41) is 3.97. The van der Waals surface area contributed by atoms with E-state index in [4.69, 9.17) is 20.5 Å². The van der Waals surface area contributed by atoms with Crippen LogP contribution in [0.4, 0.5) is 11.4 Å². The molecule has 0 aliphatic heterocycles. The minimum absolute atomic E-state index is 0.365. The number of benzene rings is 1. The Kier molecular flexibility index (Phi) is 5.57. The third-order valence-electron chi connectivity index (χ3n) is 2.66. The highest BCUT2D eigenvalue weighted by Crippen LogP contribution is 2.29. The van der Waals surface area contributed by atoms with E-state index in [2.05, 4.69) is 54.6 Å². The Bertz CT molecular complexity index is 698. The highest BCUT2D eigenvalue weighted by molar-refractivity contribution is 6.70. The maximum Gasteiger partial charge on any atom is 0.305 e. The summed E-state index contributed by atoms with van der Waals surface area (Å²) >= 11 is 5.93. The predicted octanol–water partition coefficient (Wildman–Crippen LogP) is 5.30. The van der Waals surface area contributed by atoms with Gasteiger partial charge in [-0.25, -0.2) is 4.98 Å². The van der Waals surface area contributed by atoms with Gasteiger partial charge in [-0.1, -0.05) is 11.6 Å². The Morgan fingerprint density at radius 1 is 0.917 bits per heavy atom. The lowest BCUT2D eigenvalue weighted by atomic mass is 10.3. The van der Waals surface area contributed by atoms with E-state index in [-0.39, 0.29) is 0 Å². The maximum absolute atomic E-state index is 6.12. The topological polar surface area (TPSA) is 56.3 Å². The van der Waals surface area contributed by atoms with E-state index >= 15 is 0 Å². The Morgan fingerprint density at radius 2 is 1.50 bits per heavy atom. The minimum atomic E-state index is -1.83. The summed E-state index contributed by atoms with van der Waals surface area (Å²) in [7, 11) is -3.61. The van der Waals surface area contributed by atoms with Crippen molar-refractivity contribution in [1.82, 2.24) is 9.97 Å². The molecule has 1 N–H and O–H groups in total. The number of anilines is 2. The monoisotopic (exact) mass is 381 g/mol. The van der Waals surface area contributed by atoms with Gasteiger partial charge in [-0.15, -0.1) is 0 Å². The lowest BCUT2D eigenvalue weighted by Crippen LogP contribution is -2.32. The summed E-state index contributed by atoms with van der Waals surface area (Å²) in [5.74, 6) is 0.521. The standard InChI is InChI=1S/C16H24ClN3O2Si2/c1-23(2,3)21-15-14(19-13-9-7-12(17)8-10-13)11-18-16(20-15)22-24(4,5)6/h7-11,19H,1-6H3. The third-order valence-corrected chi connectivity index (χ3v) is 4.51. The molecule has 130 valence electrons. The van der Waals surface area contributed by atoms with Gasteiger partial charge in [0.1, 0.15) is 5.69 Å². The molecule has 0 saturated carbocycles. The smallest absolute Gasteiger partial charge is 0.305 e. The first-order chi connectivity index (χ1) is 11.0. The first-order valence-electron chi connectivity index (χ1n) is 7.79. The first-order valence-corrected chi connectivity index (χ1v) is 15.0. The van der Waals surface area contributed by atoms with Crippen molar-refractivity contribution in [3.8, 4) is 11.9 Å². The normalized spacial score (nSPS) is 12.0. The molecule has 24 heavy (non-hydrogen) atoms. The van der Waals surface area contributed by atoms with E-state index in [1.165, 1.54) is 0 Å². The van der Waals surface area contributed by atoms with Gasteiger partial charge in [0.25, 0.3) is 0 Å². The average Bonchev–Trinajstić information content (AvgIpc) is 2.40. The third kappa shape index (κ3) is 6.14. The van der Waals surface area contributed by atoms with Crippen molar-refractivity contribution in [1.29, 1.82) is 0 Å². The highest BCUT2D eigenvalue weighted by Gasteiger charge is 2.23. The van der Waals surface area contributed by atoms with Crippen LogP contribution in [0.5, 0.6) is 11.9 Å². The summed E-state index contributed by atoms with van der Waals surface area (Å²) in [5.41, 5.74) is 1.60. The second-order valence-corrected chi connectivity index (χ2v) is 16.7. The lowest BCUT2D eigenvalue weighted by molar-refractivity contribution is 0.477. The molecule has 0 radical (unpaired) electrons. The van der Waals surface area contributed by atoms with Crippen LogP contribution < -0.4 is 14.2 Å². The van der Waals surface area contributed by atoms with Gasteiger partial charge in [-0.2, -0.15) is 4.98 Å². The van der Waals surface area contributed by atoms with Crippen LogP contribution in [0.2, 0.25) is 44.3 Å². The molecule has 8 heteroatoms. The van der Waals surface area contributed by atoms with E-state index in [0.29, 0.717) is 22.6 Å². The lowest BCUT2D eigenvalue weighted by Gasteiger charge is -2.23. The number of nitrogens with zero attached hydrogens (tertiary/aromatic N) is 2. The first kappa shape index (κ1) is 18.8. The Labute approximate surface area is 150 Å². The molecular formula is C16H24ClN3O2Si2. The van der Waals surface area contributed by atoms with Crippen molar-refractivity contribution < 1.29 is 8.85 Å². The van der Waals surface area contributed by atoms with Crippen LogP contribution in [0.1, 0.15) is 0 Å². The highest BCUT2D eigenvalue weighted by atomic mass is 35.5. The largest absolute Gasteiger partial charge is 0.530 e. The van der Waals surface area contributed by atoms with Crippen molar-refractivity contribution in [3.05, 3.63) is 35.5 Å². The number of aromatic nitrogens is 2. The summed E-state index contributed by atoms with van der Waals surface area (Å²) in [6.45, 7) is 12.6. The van der Waals surface area contributed by atoms with E-state index in [9.17, 15) is 0 Å². The number of hydrogen-bond acceptors (Lipinski definition) is 5.